The Labute approximate surface area is 114 Å². The third-order valence-electron chi connectivity index (χ3n) is 3.57. The lowest BCUT2D eigenvalue weighted by Crippen LogP contribution is -2.40. The van der Waals surface area contributed by atoms with Gasteiger partial charge in [-0.2, -0.15) is 0 Å². The molecular formula is C15H21FN2O. The number of ketones is 1. The molecule has 0 radical (unpaired) electrons. The van der Waals surface area contributed by atoms with Gasteiger partial charge < -0.3 is 4.90 Å². The topological polar surface area (TPSA) is 23.6 Å². The van der Waals surface area contributed by atoms with E-state index in [9.17, 15) is 9.18 Å². The molecule has 1 aromatic carbocycles. The molecule has 1 saturated heterocycles. The fraction of sp³-hybridized carbons (Fsp3) is 0.533. The second kappa shape index (κ2) is 6.26. The number of halogens is 1. The maximum absolute atomic E-state index is 13.1. The summed E-state index contributed by atoms with van der Waals surface area (Å²) in [6.07, 6.45) is 2.27. The predicted octanol–water partition coefficient (Wildman–Crippen LogP) is 2.03. The molecule has 3 nitrogen and oxygen atoms in total. The normalized spacial score (nSPS) is 20.1. The van der Waals surface area contributed by atoms with Gasteiger partial charge in [-0.25, -0.2) is 4.39 Å². The molecule has 0 N–H and O–H groups in total. The number of hydrogen-bond acceptors (Lipinski definition) is 3. The summed E-state index contributed by atoms with van der Waals surface area (Å²) in [5.41, 5.74) is 0.468. The molecule has 1 aliphatic rings. The first-order chi connectivity index (χ1) is 9.06. The molecule has 0 amide bonds. The lowest BCUT2D eigenvalue weighted by Gasteiger charge is -2.26. The largest absolute Gasteiger partial charge is 0.308 e. The van der Waals surface area contributed by atoms with Gasteiger partial charge >= 0.3 is 0 Å². The summed E-state index contributed by atoms with van der Waals surface area (Å²) < 4.78 is 13.1. The standard InChI is InChI=1S/C15H21FN2O/c1-17(2)10-14-7-4-8-18(14)11-15(19)12-5-3-6-13(16)9-12/h3,5-6,9,14H,4,7-8,10-11H2,1-2H3. The molecule has 1 unspecified atom stereocenters. The third-order valence-corrected chi connectivity index (χ3v) is 3.57. The Morgan fingerprint density at radius 1 is 1.47 bits per heavy atom. The van der Waals surface area contributed by atoms with E-state index in [1.54, 1.807) is 12.1 Å². The number of rotatable bonds is 5. The monoisotopic (exact) mass is 264 g/mol. The molecule has 0 aliphatic carbocycles. The minimum Gasteiger partial charge on any atom is -0.308 e. The Kier molecular flexibility index (Phi) is 4.66. The Morgan fingerprint density at radius 3 is 2.95 bits per heavy atom. The fourth-order valence-electron chi connectivity index (χ4n) is 2.67. The van der Waals surface area contributed by atoms with Crippen molar-refractivity contribution < 1.29 is 9.18 Å². The van der Waals surface area contributed by atoms with Crippen molar-refractivity contribution in [2.24, 2.45) is 0 Å². The molecule has 1 heterocycles. The maximum atomic E-state index is 13.1. The first kappa shape index (κ1) is 14.2. The molecule has 0 spiro atoms. The van der Waals surface area contributed by atoms with Crippen LogP contribution in [0.3, 0.4) is 0 Å². The SMILES string of the molecule is CN(C)CC1CCCN1CC(=O)c1cccc(F)c1. The van der Waals surface area contributed by atoms with Gasteiger partial charge in [0.05, 0.1) is 6.54 Å². The van der Waals surface area contributed by atoms with Crippen LogP contribution in [0.2, 0.25) is 0 Å². The minimum absolute atomic E-state index is 0.00477. The average Bonchev–Trinajstić information content (AvgIpc) is 2.75. The Hall–Kier alpha value is -1.26. The van der Waals surface area contributed by atoms with E-state index in [4.69, 9.17) is 0 Å². The lowest BCUT2D eigenvalue weighted by molar-refractivity contribution is 0.0910. The van der Waals surface area contributed by atoms with Crippen molar-refractivity contribution in [2.75, 3.05) is 33.7 Å². The number of carbonyl (C=O) groups is 1. The van der Waals surface area contributed by atoms with Gasteiger partial charge in [0.25, 0.3) is 0 Å². The maximum Gasteiger partial charge on any atom is 0.176 e. The molecule has 1 aliphatic heterocycles. The zero-order valence-corrected chi connectivity index (χ0v) is 11.6. The van der Waals surface area contributed by atoms with Gasteiger partial charge in [0.15, 0.2) is 5.78 Å². The molecule has 0 bridgehead atoms. The summed E-state index contributed by atoms with van der Waals surface area (Å²) in [6.45, 7) is 2.32. The molecule has 19 heavy (non-hydrogen) atoms. The highest BCUT2D eigenvalue weighted by molar-refractivity contribution is 5.97. The van der Waals surface area contributed by atoms with E-state index < -0.39 is 0 Å². The van der Waals surface area contributed by atoms with Crippen LogP contribution in [0.15, 0.2) is 24.3 Å². The summed E-state index contributed by atoms with van der Waals surface area (Å²) in [5.74, 6) is -0.345. The van der Waals surface area contributed by atoms with Crippen molar-refractivity contribution in [3.05, 3.63) is 35.6 Å². The predicted molar refractivity (Wildman–Crippen MR) is 73.9 cm³/mol. The van der Waals surface area contributed by atoms with E-state index >= 15 is 0 Å². The van der Waals surface area contributed by atoms with E-state index in [2.05, 4.69) is 9.80 Å². The number of nitrogens with zero attached hydrogens (tertiary/aromatic N) is 2. The second-order valence-corrected chi connectivity index (χ2v) is 5.46. The molecule has 1 fully saturated rings. The summed E-state index contributed by atoms with van der Waals surface area (Å²) in [6, 6.07) is 6.39. The van der Waals surface area contributed by atoms with E-state index in [1.807, 2.05) is 14.1 Å². The summed E-state index contributed by atoms with van der Waals surface area (Å²) in [7, 11) is 4.09. The number of benzene rings is 1. The first-order valence-electron chi connectivity index (χ1n) is 6.74. The quantitative estimate of drug-likeness (QED) is 0.760. The Morgan fingerprint density at radius 2 is 2.26 bits per heavy atom. The van der Waals surface area contributed by atoms with Crippen molar-refractivity contribution in [1.82, 2.24) is 9.80 Å². The average molecular weight is 264 g/mol. The van der Waals surface area contributed by atoms with Crippen LogP contribution in [0.1, 0.15) is 23.2 Å². The summed E-state index contributed by atoms with van der Waals surface area (Å²) >= 11 is 0. The van der Waals surface area contributed by atoms with Crippen LogP contribution in [0.4, 0.5) is 4.39 Å². The van der Waals surface area contributed by atoms with Gasteiger partial charge in [0.1, 0.15) is 5.82 Å². The van der Waals surface area contributed by atoms with Crippen molar-refractivity contribution in [1.29, 1.82) is 0 Å². The molecule has 2 rings (SSSR count). The molecule has 4 heteroatoms. The number of Topliss-reactive ketones (excluding diaryl/α,β-unsaturated/α-hetero) is 1. The van der Waals surface area contributed by atoms with Crippen LogP contribution in [-0.4, -0.2) is 55.4 Å². The van der Waals surface area contributed by atoms with Gasteiger partial charge in [0.2, 0.25) is 0 Å². The number of likely N-dealkylation sites (N-methyl/N-ethyl adjacent to an activating group) is 1. The third kappa shape index (κ3) is 3.85. The molecule has 1 aromatic rings. The highest BCUT2D eigenvalue weighted by atomic mass is 19.1. The molecule has 0 aromatic heterocycles. The molecule has 104 valence electrons. The second-order valence-electron chi connectivity index (χ2n) is 5.46. The summed E-state index contributed by atoms with van der Waals surface area (Å²) in [4.78, 5) is 16.5. The van der Waals surface area contributed by atoms with E-state index in [1.165, 1.54) is 12.1 Å². The Bertz CT molecular complexity index is 448. The molecule has 1 atom stereocenters. The number of likely N-dealkylation sites (tertiary alicyclic amines) is 1. The number of hydrogen-bond donors (Lipinski definition) is 0. The van der Waals surface area contributed by atoms with Gasteiger partial charge in [-0.05, 0) is 45.6 Å². The van der Waals surface area contributed by atoms with Gasteiger partial charge in [-0.1, -0.05) is 12.1 Å². The zero-order chi connectivity index (χ0) is 13.8. The zero-order valence-electron chi connectivity index (χ0n) is 11.6. The highest BCUT2D eigenvalue weighted by Gasteiger charge is 2.26. The lowest BCUT2D eigenvalue weighted by atomic mass is 10.1. The van der Waals surface area contributed by atoms with Crippen molar-refractivity contribution >= 4 is 5.78 Å². The van der Waals surface area contributed by atoms with Crippen LogP contribution < -0.4 is 0 Å². The first-order valence-corrected chi connectivity index (χ1v) is 6.74. The van der Waals surface area contributed by atoms with Crippen molar-refractivity contribution in [2.45, 2.75) is 18.9 Å². The minimum atomic E-state index is -0.350. The van der Waals surface area contributed by atoms with Crippen LogP contribution in [0.5, 0.6) is 0 Å². The van der Waals surface area contributed by atoms with Gasteiger partial charge in [-0.3, -0.25) is 9.69 Å². The fourth-order valence-corrected chi connectivity index (χ4v) is 2.67. The van der Waals surface area contributed by atoms with Crippen molar-refractivity contribution in [3.63, 3.8) is 0 Å². The molecule has 0 saturated carbocycles. The van der Waals surface area contributed by atoms with E-state index in [0.29, 0.717) is 18.2 Å². The van der Waals surface area contributed by atoms with Crippen molar-refractivity contribution in [3.8, 4) is 0 Å². The summed E-state index contributed by atoms with van der Waals surface area (Å²) in [5, 5.41) is 0. The smallest absolute Gasteiger partial charge is 0.176 e. The molecular weight excluding hydrogens is 243 g/mol. The van der Waals surface area contributed by atoms with Gasteiger partial charge in [0, 0.05) is 18.2 Å². The Balaban J connectivity index is 1.98. The highest BCUT2D eigenvalue weighted by Crippen LogP contribution is 2.18. The van der Waals surface area contributed by atoms with E-state index in [0.717, 1.165) is 25.9 Å². The van der Waals surface area contributed by atoms with Crippen LogP contribution in [0.25, 0.3) is 0 Å². The van der Waals surface area contributed by atoms with Crippen LogP contribution in [0, 0.1) is 5.82 Å². The number of carbonyl (C=O) groups excluding carboxylic acids is 1. The van der Waals surface area contributed by atoms with E-state index in [-0.39, 0.29) is 11.6 Å². The van der Waals surface area contributed by atoms with Crippen LogP contribution >= 0.6 is 0 Å². The van der Waals surface area contributed by atoms with Crippen LogP contribution in [-0.2, 0) is 0 Å². The van der Waals surface area contributed by atoms with Gasteiger partial charge in [-0.15, -0.1) is 0 Å².